The molecule has 6 nitrogen and oxygen atoms in total. The lowest BCUT2D eigenvalue weighted by atomic mass is 9.83. The lowest BCUT2D eigenvalue weighted by molar-refractivity contribution is -0.125. The number of fused-ring (bicyclic) bond motifs is 3. The van der Waals surface area contributed by atoms with Gasteiger partial charge in [0.1, 0.15) is 11.5 Å². The van der Waals surface area contributed by atoms with Crippen LogP contribution in [0.2, 0.25) is 0 Å². The van der Waals surface area contributed by atoms with Gasteiger partial charge in [0, 0.05) is 48.5 Å². The first kappa shape index (κ1) is 22.6. The van der Waals surface area contributed by atoms with Crippen LogP contribution >= 0.6 is 11.3 Å². The van der Waals surface area contributed by atoms with Crippen LogP contribution in [0.25, 0.3) is 0 Å². The topological polar surface area (TPSA) is 54.0 Å². The number of nitrogens with one attached hydrogen (secondary N) is 1. The summed E-state index contributed by atoms with van der Waals surface area (Å²) in [5, 5.41) is 5.31. The Morgan fingerprint density at radius 1 is 1.06 bits per heavy atom. The molecule has 2 atom stereocenters. The van der Waals surface area contributed by atoms with E-state index in [0.717, 1.165) is 49.7 Å². The summed E-state index contributed by atoms with van der Waals surface area (Å²) in [6.45, 7) is 3.22. The van der Waals surface area contributed by atoms with E-state index in [-0.39, 0.29) is 17.9 Å². The van der Waals surface area contributed by atoms with E-state index in [9.17, 15) is 4.79 Å². The number of carbonyl (C=O) groups excluding carboxylic acids is 1. The van der Waals surface area contributed by atoms with E-state index in [4.69, 9.17) is 9.47 Å². The molecule has 5 rings (SSSR count). The van der Waals surface area contributed by atoms with Gasteiger partial charge < -0.3 is 24.6 Å². The summed E-state index contributed by atoms with van der Waals surface area (Å²) in [6, 6.07) is 18.7. The number of hydrogen-bond donors (Lipinski definition) is 1. The Labute approximate surface area is 205 Å². The minimum Gasteiger partial charge on any atom is -0.497 e. The second-order valence-electron chi connectivity index (χ2n) is 8.83. The molecule has 1 fully saturated rings. The zero-order valence-electron chi connectivity index (χ0n) is 19.7. The first-order chi connectivity index (χ1) is 16.7. The van der Waals surface area contributed by atoms with Crippen molar-refractivity contribution in [2.45, 2.75) is 18.9 Å². The fraction of sp³-hybridized carbons (Fsp3) is 0.370. The number of nitrogens with zero attached hydrogens (tertiary/aromatic N) is 2. The number of amides is 1. The van der Waals surface area contributed by atoms with Crippen LogP contribution in [0.4, 0.5) is 11.4 Å². The van der Waals surface area contributed by atoms with Gasteiger partial charge in [0.2, 0.25) is 5.91 Å². The average molecular weight is 478 g/mol. The van der Waals surface area contributed by atoms with Gasteiger partial charge in [0.15, 0.2) is 0 Å². The Morgan fingerprint density at radius 2 is 1.85 bits per heavy atom. The smallest absolute Gasteiger partial charge is 0.225 e. The third-order valence-corrected chi connectivity index (χ3v) is 7.89. The number of ether oxygens (including phenoxy) is 2. The van der Waals surface area contributed by atoms with Crippen LogP contribution in [0, 0.1) is 5.92 Å². The van der Waals surface area contributed by atoms with Crippen LogP contribution in [0.15, 0.2) is 60.0 Å². The van der Waals surface area contributed by atoms with Gasteiger partial charge in [-0.2, -0.15) is 0 Å². The van der Waals surface area contributed by atoms with Crippen molar-refractivity contribution < 1.29 is 14.3 Å². The maximum Gasteiger partial charge on any atom is 0.225 e. The van der Waals surface area contributed by atoms with Gasteiger partial charge in [0.05, 0.1) is 26.2 Å². The highest BCUT2D eigenvalue weighted by Gasteiger charge is 2.41. The highest BCUT2D eigenvalue weighted by Crippen LogP contribution is 2.39. The molecule has 1 aromatic heterocycles. The van der Waals surface area contributed by atoms with Crippen LogP contribution < -0.4 is 24.6 Å². The van der Waals surface area contributed by atoms with Crippen LogP contribution in [0.5, 0.6) is 11.5 Å². The Kier molecular flexibility index (Phi) is 6.63. The SMILES string of the molecule is COc1ccc(N2CCN3c4cc(OC)ccc4C[C@@H](C(=O)NCCc4cccs4)[C@H]3C2)cc1. The van der Waals surface area contributed by atoms with Crippen molar-refractivity contribution in [2.24, 2.45) is 5.92 Å². The molecule has 0 bridgehead atoms. The summed E-state index contributed by atoms with van der Waals surface area (Å²) < 4.78 is 10.8. The van der Waals surface area contributed by atoms with E-state index in [1.54, 1.807) is 25.6 Å². The van der Waals surface area contributed by atoms with Gasteiger partial charge in [-0.05, 0) is 60.2 Å². The highest BCUT2D eigenvalue weighted by molar-refractivity contribution is 7.09. The number of hydrogen-bond acceptors (Lipinski definition) is 6. The fourth-order valence-electron chi connectivity index (χ4n) is 5.13. The molecule has 1 saturated heterocycles. The van der Waals surface area contributed by atoms with Gasteiger partial charge in [0.25, 0.3) is 0 Å². The van der Waals surface area contributed by atoms with Crippen molar-refractivity contribution in [1.82, 2.24) is 5.32 Å². The molecule has 7 heteroatoms. The minimum absolute atomic E-state index is 0.0946. The van der Waals surface area contributed by atoms with Crippen molar-refractivity contribution in [3.63, 3.8) is 0 Å². The fourth-order valence-corrected chi connectivity index (χ4v) is 5.84. The van der Waals surface area contributed by atoms with Gasteiger partial charge in [-0.3, -0.25) is 4.79 Å². The summed E-state index contributed by atoms with van der Waals surface area (Å²) in [6.07, 6.45) is 1.61. The lowest BCUT2D eigenvalue weighted by Gasteiger charge is -2.49. The Morgan fingerprint density at radius 3 is 2.59 bits per heavy atom. The largest absolute Gasteiger partial charge is 0.497 e. The first-order valence-corrected chi connectivity index (χ1v) is 12.7. The van der Waals surface area contributed by atoms with E-state index in [1.165, 1.54) is 16.1 Å². The molecule has 2 aromatic carbocycles. The van der Waals surface area contributed by atoms with E-state index >= 15 is 0 Å². The molecule has 0 aliphatic carbocycles. The third-order valence-electron chi connectivity index (χ3n) is 6.95. The summed E-state index contributed by atoms with van der Waals surface area (Å²) in [4.78, 5) is 19.6. The molecule has 1 N–H and O–H groups in total. The van der Waals surface area contributed by atoms with Crippen LogP contribution in [-0.4, -0.2) is 52.3 Å². The van der Waals surface area contributed by atoms with Gasteiger partial charge >= 0.3 is 0 Å². The summed E-state index contributed by atoms with van der Waals surface area (Å²) in [7, 11) is 3.39. The number of methoxy groups -OCH3 is 2. The third kappa shape index (κ3) is 4.57. The predicted octanol–water partition coefficient (Wildman–Crippen LogP) is 3.99. The van der Waals surface area contributed by atoms with Crippen molar-refractivity contribution >= 4 is 28.6 Å². The van der Waals surface area contributed by atoms with Gasteiger partial charge in [-0.15, -0.1) is 11.3 Å². The Balaban J connectivity index is 1.37. The number of carbonyl (C=O) groups is 1. The maximum atomic E-state index is 13.4. The molecule has 178 valence electrons. The quantitative estimate of drug-likeness (QED) is 0.558. The summed E-state index contributed by atoms with van der Waals surface area (Å²) in [5.74, 6) is 1.74. The maximum absolute atomic E-state index is 13.4. The second kappa shape index (κ2) is 9.97. The number of benzene rings is 2. The number of anilines is 2. The van der Waals surface area contributed by atoms with Crippen molar-refractivity contribution in [1.29, 1.82) is 0 Å². The number of piperazine rings is 1. The zero-order chi connectivity index (χ0) is 23.5. The molecule has 3 heterocycles. The second-order valence-corrected chi connectivity index (χ2v) is 9.86. The molecule has 2 aliphatic rings. The molecule has 2 aliphatic heterocycles. The molecular weight excluding hydrogens is 446 g/mol. The number of rotatable bonds is 7. The molecule has 0 unspecified atom stereocenters. The first-order valence-electron chi connectivity index (χ1n) is 11.8. The van der Waals surface area contributed by atoms with E-state index < -0.39 is 0 Å². The van der Waals surface area contributed by atoms with Crippen LogP contribution in [0.1, 0.15) is 10.4 Å². The Bertz CT molecular complexity index is 1120. The van der Waals surface area contributed by atoms with Gasteiger partial charge in [-0.25, -0.2) is 0 Å². The molecule has 1 amide bonds. The average Bonchev–Trinajstić information content (AvgIpc) is 3.41. The van der Waals surface area contributed by atoms with E-state index in [2.05, 4.69) is 56.9 Å². The predicted molar refractivity (Wildman–Crippen MR) is 138 cm³/mol. The van der Waals surface area contributed by atoms with Crippen molar-refractivity contribution in [3.05, 3.63) is 70.4 Å². The van der Waals surface area contributed by atoms with E-state index in [0.29, 0.717) is 6.54 Å². The molecule has 3 aromatic rings. The van der Waals surface area contributed by atoms with Crippen molar-refractivity contribution in [3.8, 4) is 11.5 Å². The molecule has 0 spiro atoms. The monoisotopic (exact) mass is 477 g/mol. The standard InChI is InChI=1S/C27H31N3O3S/c1-32-21-9-6-20(7-10-21)29-13-14-30-25-17-22(33-2)8-5-19(25)16-24(26(30)18-29)27(31)28-12-11-23-4-3-15-34-23/h3-10,15,17,24,26H,11-14,16,18H2,1-2H3,(H,28,31)/t24-,26-/m1/s1. The van der Waals surface area contributed by atoms with Crippen molar-refractivity contribution in [2.75, 3.05) is 50.2 Å². The minimum atomic E-state index is -0.106. The van der Waals surface area contributed by atoms with E-state index in [1.807, 2.05) is 18.2 Å². The zero-order valence-corrected chi connectivity index (χ0v) is 20.5. The summed E-state index contributed by atoms with van der Waals surface area (Å²) in [5.41, 5.74) is 3.57. The Hall–Kier alpha value is -3.19. The molecular formula is C27H31N3O3S. The normalized spacial score (nSPS) is 19.2. The highest BCUT2D eigenvalue weighted by atomic mass is 32.1. The number of thiophene rings is 1. The summed E-state index contributed by atoms with van der Waals surface area (Å²) >= 11 is 1.74. The van der Waals surface area contributed by atoms with Crippen LogP contribution in [-0.2, 0) is 17.6 Å². The van der Waals surface area contributed by atoms with Crippen LogP contribution in [0.3, 0.4) is 0 Å². The van der Waals surface area contributed by atoms with Gasteiger partial charge in [-0.1, -0.05) is 12.1 Å². The molecule has 34 heavy (non-hydrogen) atoms. The lowest BCUT2D eigenvalue weighted by Crippen LogP contribution is -2.61. The molecule has 0 radical (unpaired) electrons. The molecule has 0 saturated carbocycles.